The Balaban J connectivity index is 0.000000146. The Kier molecular flexibility index (Phi) is 23.7. The minimum absolute atomic E-state index is 0.0200. The molecule has 3 amide bonds. The number of likely N-dealkylation sites (tertiary alicyclic amines) is 1. The number of ether oxygens (including phenoxy) is 5. The largest absolute Gasteiger partial charge is 0.490 e. The second kappa shape index (κ2) is 31.1. The Hall–Kier alpha value is -6.64. The van der Waals surface area contributed by atoms with Gasteiger partial charge >= 0.3 is 18.3 Å². The lowest BCUT2D eigenvalue weighted by atomic mass is 9.86. The number of alkyl carbamates (subject to hydrolysis) is 2. The molecule has 4 aliphatic carbocycles. The van der Waals surface area contributed by atoms with Crippen molar-refractivity contribution in [3.05, 3.63) is 167 Å². The molecule has 100 heavy (non-hydrogen) atoms. The van der Waals surface area contributed by atoms with E-state index in [1.807, 2.05) is 130 Å². The van der Waals surface area contributed by atoms with Gasteiger partial charge in [-0.3, -0.25) is 4.90 Å². The van der Waals surface area contributed by atoms with Gasteiger partial charge in [0.05, 0.1) is 60.3 Å². The van der Waals surface area contributed by atoms with Gasteiger partial charge in [-0.2, -0.15) is 10.2 Å². The Morgan fingerprint density at radius 3 is 1.80 bits per heavy atom. The first kappa shape index (κ1) is 76.0. The monoisotopic (exact) mass is 1560 g/mol. The number of aliphatic hydroxyl groups excluding tert-OH is 2. The summed E-state index contributed by atoms with van der Waals surface area (Å²) in [6.45, 7) is 25.6. The van der Waals surface area contributed by atoms with Crippen molar-refractivity contribution in [1.82, 2.24) is 31.0 Å². The van der Waals surface area contributed by atoms with Crippen LogP contribution in [0.1, 0.15) is 203 Å². The number of allylic oxidation sites excluding steroid dienone is 1. The number of nitrogens with one attached hydrogen (secondary N) is 3. The van der Waals surface area contributed by atoms with Crippen molar-refractivity contribution < 1.29 is 52.8 Å². The number of halogens is 3. The zero-order valence-corrected chi connectivity index (χ0v) is 64.4. The van der Waals surface area contributed by atoms with Crippen molar-refractivity contribution in [3.63, 3.8) is 0 Å². The molecule has 5 N–H and O–H groups in total. The number of hydrogen-bond donors (Lipinski definition) is 5. The lowest BCUT2D eigenvalue weighted by Crippen LogP contribution is -2.50. The van der Waals surface area contributed by atoms with Crippen LogP contribution in [0.3, 0.4) is 0 Å². The van der Waals surface area contributed by atoms with Gasteiger partial charge in [0.2, 0.25) is 5.82 Å². The predicted molar refractivity (Wildman–Crippen MR) is 397 cm³/mol. The highest BCUT2D eigenvalue weighted by Crippen LogP contribution is 2.53. The summed E-state index contributed by atoms with van der Waals surface area (Å²) in [7, 11) is 0. The zero-order valence-electron chi connectivity index (χ0n) is 59.7. The molecule has 1 aromatic heterocycles. The quantitative estimate of drug-likeness (QED) is 0.0387. The summed E-state index contributed by atoms with van der Waals surface area (Å²) in [6, 6.07) is 32.3. The minimum atomic E-state index is -0.542. The number of carbonyl (C=O) groups excluding carboxylic acids is 3. The number of fused-ring (bicyclic) bond motifs is 6. The van der Waals surface area contributed by atoms with E-state index >= 15 is 0 Å². The molecule has 21 heteroatoms. The summed E-state index contributed by atoms with van der Waals surface area (Å²) in [6.07, 6.45) is 15.9. The van der Waals surface area contributed by atoms with Crippen LogP contribution in [0.4, 0.5) is 14.4 Å². The second-order valence-electron chi connectivity index (χ2n) is 30.7. The molecule has 536 valence electrons. The Labute approximate surface area is 614 Å². The van der Waals surface area contributed by atoms with Crippen molar-refractivity contribution in [2.75, 3.05) is 19.8 Å². The molecular formula is C79H98Br3N7O11. The van der Waals surface area contributed by atoms with Gasteiger partial charge in [0, 0.05) is 36.1 Å². The first-order valence-corrected chi connectivity index (χ1v) is 37.5. The van der Waals surface area contributed by atoms with E-state index in [0.29, 0.717) is 34.7 Å². The van der Waals surface area contributed by atoms with Gasteiger partial charge in [-0.15, -0.1) is 6.58 Å². The van der Waals surface area contributed by atoms with Gasteiger partial charge in [0.15, 0.2) is 0 Å². The molecule has 0 saturated carbocycles. The molecule has 13 rings (SSSR count). The van der Waals surface area contributed by atoms with Gasteiger partial charge < -0.3 is 54.4 Å². The van der Waals surface area contributed by atoms with Crippen LogP contribution in [0.5, 0.6) is 5.75 Å². The molecular weight excluding hydrogens is 1460 g/mol. The Morgan fingerprint density at radius 2 is 1.26 bits per heavy atom. The number of rotatable bonds is 14. The third-order valence-corrected chi connectivity index (χ3v) is 22.1. The van der Waals surface area contributed by atoms with Crippen molar-refractivity contribution in [2.45, 2.75) is 242 Å². The normalized spacial score (nSPS) is 23.5. The molecule has 2 spiro atoms. The SMILES string of the molecule is C=CCCC1(NC(=O)OC(C)(C)C)CCc2c(Br)cccc21.CC(C)(C)OC(=O)N1C(CO)CCC12CCc1c(Br)cccc12.CC(C)(C)OC(=O)NC1(CCC2CO2)CCc2c(Br)cccc21.CC(C)Oc1ccc(-c2nc(-c3cccc4c3CCC43CCC(CO)N3)no2)cc1C#N. The molecule has 7 aliphatic rings. The van der Waals surface area contributed by atoms with E-state index in [4.69, 9.17) is 28.2 Å². The van der Waals surface area contributed by atoms with E-state index < -0.39 is 16.8 Å². The first-order chi connectivity index (χ1) is 47.4. The Morgan fingerprint density at radius 1 is 0.710 bits per heavy atom. The molecule has 3 aliphatic heterocycles. The average Bonchev–Trinajstić information content (AvgIpc) is 1.58. The van der Waals surface area contributed by atoms with Crippen LogP contribution >= 0.6 is 47.8 Å². The van der Waals surface area contributed by atoms with Crippen LogP contribution in [-0.4, -0.2) is 104 Å². The summed E-state index contributed by atoms with van der Waals surface area (Å²) in [5.74, 6) is 1.46. The van der Waals surface area contributed by atoms with Crippen molar-refractivity contribution in [1.29, 1.82) is 5.26 Å². The molecule has 3 saturated heterocycles. The van der Waals surface area contributed by atoms with E-state index in [-0.39, 0.29) is 71.8 Å². The second-order valence-corrected chi connectivity index (χ2v) is 33.2. The number of epoxide rings is 1. The zero-order chi connectivity index (χ0) is 72.2. The van der Waals surface area contributed by atoms with Crippen LogP contribution in [0.25, 0.3) is 22.8 Å². The van der Waals surface area contributed by atoms with Gasteiger partial charge in [0.25, 0.3) is 5.89 Å². The predicted octanol–water partition coefficient (Wildman–Crippen LogP) is 17.3. The van der Waals surface area contributed by atoms with E-state index in [9.17, 15) is 29.9 Å². The number of aliphatic hydroxyl groups is 2. The van der Waals surface area contributed by atoms with Crippen LogP contribution in [-0.2, 0) is 66.8 Å². The van der Waals surface area contributed by atoms with Crippen molar-refractivity contribution in [2.24, 2.45) is 0 Å². The van der Waals surface area contributed by atoms with E-state index in [1.54, 1.807) is 12.1 Å². The number of carbonyl (C=O) groups is 3. The highest BCUT2D eigenvalue weighted by molar-refractivity contribution is 9.11. The average molecular weight is 1560 g/mol. The van der Waals surface area contributed by atoms with E-state index in [1.165, 1.54) is 44.5 Å². The molecule has 0 bridgehead atoms. The number of amides is 3. The van der Waals surface area contributed by atoms with E-state index in [2.05, 4.69) is 123 Å². The van der Waals surface area contributed by atoms with Crippen LogP contribution in [0, 0.1) is 11.3 Å². The number of aromatic nitrogens is 2. The minimum Gasteiger partial charge on any atom is -0.490 e. The van der Waals surface area contributed by atoms with Crippen molar-refractivity contribution in [3.8, 4) is 34.7 Å². The summed E-state index contributed by atoms with van der Waals surface area (Å²) < 4.78 is 36.6. The fourth-order valence-electron chi connectivity index (χ4n) is 15.4. The van der Waals surface area contributed by atoms with Gasteiger partial charge in [0.1, 0.15) is 28.6 Å². The Bertz CT molecular complexity index is 4000. The molecule has 18 nitrogen and oxygen atoms in total. The summed E-state index contributed by atoms with van der Waals surface area (Å²) in [5, 5.41) is 43.1. The molecule has 4 heterocycles. The first-order valence-electron chi connectivity index (χ1n) is 35.2. The molecule has 0 radical (unpaired) electrons. The maximum absolute atomic E-state index is 12.9. The fraction of sp³-hybridized carbons (Fsp3) is 0.519. The molecule has 3 fully saturated rings. The smallest absolute Gasteiger partial charge is 0.411 e. The van der Waals surface area contributed by atoms with Gasteiger partial charge in [-0.1, -0.05) is 114 Å². The van der Waals surface area contributed by atoms with Gasteiger partial charge in [-0.25, -0.2) is 14.4 Å². The van der Waals surface area contributed by atoms with Crippen LogP contribution in [0.15, 0.2) is 122 Å². The molecule has 6 aromatic rings. The maximum Gasteiger partial charge on any atom is 0.411 e. The number of benzene rings is 5. The van der Waals surface area contributed by atoms with E-state index in [0.717, 1.165) is 128 Å². The summed E-state index contributed by atoms with van der Waals surface area (Å²) in [5.41, 5.74) is 9.40. The summed E-state index contributed by atoms with van der Waals surface area (Å²) in [4.78, 5) is 44.0. The lowest BCUT2D eigenvalue weighted by molar-refractivity contribution is -0.00991. The third kappa shape index (κ3) is 17.3. The van der Waals surface area contributed by atoms with Crippen LogP contribution in [0.2, 0.25) is 0 Å². The number of nitrogens with zero attached hydrogens (tertiary/aromatic N) is 4. The van der Waals surface area contributed by atoms with Gasteiger partial charge in [-0.05, 0) is 260 Å². The van der Waals surface area contributed by atoms with Crippen LogP contribution < -0.4 is 20.7 Å². The number of hydrogen-bond acceptors (Lipinski definition) is 15. The maximum atomic E-state index is 12.9. The highest BCUT2D eigenvalue weighted by Gasteiger charge is 2.54. The number of nitriles is 1. The molecule has 7 unspecified atom stereocenters. The lowest BCUT2D eigenvalue weighted by Gasteiger charge is -2.39. The summed E-state index contributed by atoms with van der Waals surface area (Å²) >= 11 is 10.9. The van der Waals surface area contributed by atoms with Crippen molar-refractivity contribution >= 4 is 66.1 Å². The third-order valence-electron chi connectivity index (χ3n) is 19.8. The standard InChI is InChI=1S/C25H26N4O3.2C18H24BrNO3.C18H24BrNO2/c1-15(2)31-22-7-6-16(12-17(22)13-26)24-27-23(29-32-24)20-4-3-5-21-19(20)9-11-25(21)10-8-18(14-30)28-25;1-17(2,3)23-16(21)20-18(9-7-12-11-22-12)10-8-13-14(18)5-4-6-15(13)19;1-17(2,3)23-16(22)20-12(11-21)7-9-18(20)10-8-13-14(18)5-4-6-15(13)19;1-5-6-11-18(20-16(21)22-17(2,3)4)12-10-13-14(18)8-7-9-15(13)19/h3-7,12,15,18,28,30H,8-11,14H2,1-2H3;4-6,12H,7-11H2,1-3H3,(H,20,21);4-6,12,21H,7-11H2,1-3H3;5,7-9H,1,6,10-12H2,2-4H3,(H,20,21). The topological polar surface area (TPSA) is 243 Å². The molecule has 7 atom stereocenters. The highest BCUT2D eigenvalue weighted by atomic mass is 79.9. The molecule has 5 aromatic carbocycles. The fourth-order valence-corrected chi connectivity index (χ4v) is 17.1.